The number of hydrogen-bond acceptors (Lipinski definition) is 11. The van der Waals surface area contributed by atoms with Gasteiger partial charge in [0.05, 0.1) is 31.6 Å². The zero-order valence-electron chi connectivity index (χ0n) is 26.8. The Hall–Kier alpha value is -6.42. The molecule has 0 radical (unpaired) electrons. The molecule has 1 atom stereocenters. The molecule has 0 bridgehead atoms. The zero-order valence-corrected chi connectivity index (χ0v) is 26.8. The lowest BCUT2D eigenvalue weighted by Crippen LogP contribution is -2.48. The summed E-state index contributed by atoms with van der Waals surface area (Å²) in [6.07, 6.45) is 0.393. The Balaban J connectivity index is 1.65. The lowest BCUT2D eigenvalue weighted by atomic mass is 10.0. The van der Waals surface area contributed by atoms with Gasteiger partial charge in [0.1, 0.15) is 36.3 Å². The number of hydrogen-bond donors (Lipinski definition) is 5. The number of aromatic hydroxyl groups is 1. The van der Waals surface area contributed by atoms with Crippen LogP contribution in [0.2, 0.25) is 0 Å². The number of para-hydroxylation sites is 1. The smallest absolute Gasteiger partial charge is 0.408 e. The van der Waals surface area contributed by atoms with E-state index in [9.17, 15) is 44.1 Å². The summed E-state index contributed by atoms with van der Waals surface area (Å²) < 4.78 is 20.6. The number of carbonyl (C=O) groups excluding carboxylic acids is 4. The molecule has 16 nitrogen and oxygen atoms in total. The zero-order chi connectivity index (χ0) is 36.6. The van der Waals surface area contributed by atoms with Crippen LogP contribution < -0.4 is 20.3 Å². The highest BCUT2D eigenvalue weighted by atomic mass is 16.5. The fraction of sp³-hybridized carbons (Fsp3) is 0.235. The van der Waals surface area contributed by atoms with E-state index in [0.717, 1.165) is 4.90 Å². The standard InChI is InChI=1S/C34H35N3O13/c1-3-16-50-34(46)36-24(29(39)35-15-17-48-18-19-49-27-10-6-9-26(38)28(27)33(45)47-2)20-21-11-13-22(14-12-21)37(30(40)32(43)44)25-8-5-4-7-23(25)31(41)42/h3-14,24,38H,1,15-20H2,2H3,(H,35,39)(H,36,46)(H,41,42)(H,43,44)/t24-/m0/s1. The van der Waals surface area contributed by atoms with E-state index in [1.54, 1.807) is 0 Å². The minimum Gasteiger partial charge on any atom is -0.507 e. The maximum atomic E-state index is 13.1. The molecule has 0 aliphatic rings. The summed E-state index contributed by atoms with van der Waals surface area (Å²) >= 11 is 0. The number of anilines is 2. The second-order valence-corrected chi connectivity index (χ2v) is 10.1. The summed E-state index contributed by atoms with van der Waals surface area (Å²) in [5.41, 5.74) is -0.0645. The molecular formula is C34H35N3O13. The number of carbonyl (C=O) groups is 6. The number of benzene rings is 3. The largest absolute Gasteiger partial charge is 0.507 e. The minimum atomic E-state index is -1.81. The third kappa shape index (κ3) is 10.5. The molecule has 5 N–H and O–H groups in total. The fourth-order valence-corrected chi connectivity index (χ4v) is 4.48. The molecule has 0 unspecified atom stereocenters. The minimum absolute atomic E-state index is 0.00803. The van der Waals surface area contributed by atoms with Crippen molar-refractivity contribution in [1.82, 2.24) is 10.6 Å². The number of phenolic OH excluding ortho intramolecular Hbond substituents is 1. The Bertz CT molecular complexity index is 1710. The fourth-order valence-electron chi connectivity index (χ4n) is 4.48. The molecule has 0 heterocycles. The van der Waals surface area contributed by atoms with Gasteiger partial charge in [-0.15, -0.1) is 0 Å². The SMILES string of the molecule is C=CCOC(=O)N[C@@H](Cc1ccc(N(C(=O)C(=O)O)c2ccccc2C(=O)O)cc1)C(=O)NCCOCCOc1cccc(O)c1C(=O)OC. The molecule has 0 fully saturated rings. The highest BCUT2D eigenvalue weighted by molar-refractivity contribution is 6.39. The quantitative estimate of drug-likeness (QED) is 0.0594. The number of esters is 1. The summed E-state index contributed by atoms with van der Waals surface area (Å²) in [6.45, 7) is 3.51. The van der Waals surface area contributed by atoms with Crippen molar-refractivity contribution >= 4 is 47.2 Å². The second kappa shape index (κ2) is 18.8. The van der Waals surface area contributed by atoms with E-state index in [4.69, 9.17) is 14.2 Å². The van der Waals surface area contributed by atoms with Gasteiger partial charge in [-0.05, 0) is 42.0 Å². The van der Waals surface area contributed by atoms with Gasteiger partial charge in [-0.2, -0.15) is 0 Å². The van der Waals surface area contributed by atoms with E-state index < -0.39 is 41.9 Å². The Morgan fingerprint density at radius 2 is 1.64 bits per heavy atom. The van der Waals surface area contributed by atoms with E-state index >= 15 is 0 Å². The molecule has 264 valence electrons. The summed E-state index contributed by atoms with van der Waals surface area (Å²) in [5.74, 6) is -6.14. The van der Waals surface area contributed by atoms with Gasteiger partial charge in [0.2, 0.25) is 5.91 Å². The monoisotopic (exact) mass is 693 g/mol. The van der Waals surface area contributed by atoms with Crippen LogP contribution in [0.4, 0.5) is 16.2 Å². The van der Waals surface area contributed by atoms with Crippen LogP contribution >= 0.6 is 0 Å². The number of carboxylic acids is 2. The first-order valence-electron chi connectivity index (χ1n) is 14.9. The van der Waals surface area contributed by atoms with Crippen LogP contribution in [0.3, 0.4) is 0 Å². The first-order valence-corrected chi connectivity index (χ1v) is 14.9. The first kappa shape index (κ1) is 38.0. The number of aromatic carboxylic acids is 1. The first-order chi connectivity index (χ1) is 24.0. The van der Waals surface area contributed by atoms with E-state index in [2.05, 4.69) is 21.9 Å². The molecule has 0 aliphatic carbocycles. The number of alkyl carbamates (subject to hydrolysis) is 1. The topological polar surface area (TPSA) is 227 Å². The lowest BCUT2D eigenvalue weighted by Gasteiger charge is -2.23. The summed E-state index contributed by atoms with van der Waals surface area (Å²) in [7, 11) is 1.17. The van der Waals surface area contributed by atoms with Crippen LogP contribution in [0.1, 0.15) is 26.3 Å². The third-order valence-corrected chi connectivity index (χ3v) is 6.76. The number of aliphatic carboxylic acids is 1. The van der Waals surface area contributed by atoms with Crippen LogP contribution in [0.5, 0.6) is 11.5 Å². The van der Waals surface area contributed by atoms with E-state index in [0.29, 0.717) is 5.56 Å². The molecule has 0 saturated carbocycles. The predicted molar refractivity (Wildman–Crippen MR) is 176 cm³/mol. The Morgan fingerprint density at radius 3 is 2.30 bits per heavy atom. The van der Waals surface area contributed by atoms with Crippen LogP contribution in [-0.4, -0.2) is 97.3 Å². The van der Waals surface area contributed by atoms with E-state index in [1.807, 2.05) is 0 Å². The Labute approximate surface area is 285 Å². The van der Waals surface area contributed by atoms with Gasteiger partial charge in [-0.1, -0.05) is 43.0 Å². The van der Waals surface area contributed by atoms with Crippen molar-refractivity contribution in [3.05, 3.63) is 96.1 Å². The van der Waals surface area contributed by atoms with Crippen molar-refractivity contribution in [2.45, 2.75) is 12.5 Å². The van der Waals surface area contributed by atoms with Crippen molar-refractivity contribution in [1.29, 1.82) is 0 Å². The number of ether oxygens (including phenoxy) is 4. The molecule has 3 aromatic rings. The van der Waals surface area contributed by atoms with Gasteiger partial charge < -0.3 is 44.9 Å². The average Bonchev–Trinajstić information content (AvgIpc) is 3.10. The summed E-state index contributed by atoms with van der Waals surface area (Å²) in [6, 6.07) is 14.3. The number of nitrogens with one attached hydrogen (secondary N) is 2. The molecular weight excluding hydrogens is 658 g/mol. The van der Waals surface area contributed by atoms with Gasteiger partial charge in [0.25, 0.3) is 0 Å². The van der Waals surface area contributed by atoms with Crippen molar-refractivity contribution in [3.63, 3.8) is 0 Å². The lowest BCUT2D eigenvalue weighted by molar-refractivity contribution is -0.148. The molecule has 0 aromatic heterocycles. The third-order valence-electron chi connectivity index (χ3n) is 6.76. The summed E-state index contributed by atoms with van der Waals surface area (Å²) in [4.78, 5) is 74.2. The van der Waals surface area contributed by atoms with Gasteiger partial charge in [-0.3, -0.25) is 14.5 Å². The summed E-state index contributed by atoms with van der Waals surface area (Å²) in [5, 5.41) is 34.1. The molecule has 50 heavy (non-hydrogen) atoms. The molecule has 3 amide bonds. The maximum absolute atomic E-state index is 13.1. The normalized spacial score (nSPS) is 11.0. The average molecular weight is 694 g/mol. The van der Waals surface area contributed by atoms with Gasteiger partial charge in [0, 0.05) is 18.7 Å². The van der Waals surface area contributed by atoms with Crippen molar-refractivity contribution in [2.24, 2.45) is 0 Å². The Kier molecular flexibility index (Phi) is 14.3. The molecule has 0 spiro atoms. The number of carboxylic acid groups (broad SMARTS) is 2. The highest BCUT2D eigenvalue weighted by Gasteiger charge is 2.28. The Morgan fingerprint density at radius 1 is 0.920 bits per heavy atom. The van der Waals surface area contributed by atoms with Gasteiger partial charge in [-0.25, -0.2) is 19.2 Å². The number of amides is 3. The van der Waals surface area contributed by atoms with Gasteiger partial charge in [0.15, 0.2) is 0 Å². The molecule has 0 saturated heterocycles. The number of methoxy groups -OCH3 is 1. The molecule has 16 heteroatoms. The molecule has 3 aromatic carbocycles. The van der Waals surface area contributed by atoms with Crippen LogP contribution in [-0.2, 0) is 35.0 Å². The highest BCUT2D eigenvalue weighted by Crippen LogP contribution is 2.30. The van der Waals surface area contributed by atoms with Crippen LogP contribution in [0.25, 0.3) is 0 Å². The maximum Gasteiger partial charge on any atom is 0.408 e. The predicted octanol–water partition coefficient (Wildman–Crippen LogP) is 2.66. The number of nitrogens with zero attached hydrogens (tertiary/aromatic N) is 1. The van der Waals surface area contributed by atoms with Crippen molar-refractivity contribution < 1.29 is 63.0 Å². The second-order valence-electron chi connectivity index (χ2n) is 10.1. The molecule has 3 rings (SSSR count). The van der Waals surface area contributed by atoms with E-state index in [1.165, 1.54) is 79.9 Å². The van der Waals surface area contributed by atoms with Crippen LogP contribution in [0.15, 0.2) is 79.4 Å². The number of rotatable bonds is 17. The number of phenols is 1. The van der Waals surface area contributed by atoms with Gasteiger partial charge >= 0.3 is 29.9 Å². The molecule has 0 aliphatic heterocycles. The van der Waals surface area contributed by atoms with E-state index in [-0.39, 0.29) is 73.4 Å². The van der Waals surface area contributed by atoms with Crippen molar-refractivity contribution in [3.8, 4) is 11.5 Å². The van der Waals surface area contributed by atoms with Crippen LogP contribution in [0, 0.1) is 0 Å². The van der Waals surface area contributed by atoms with Crippen molar-refractivity contribution in [2.75, 3.05) is 45.0 Å².